The molecule has 1 aliphatic carbocycles. The van der Waals surface area contributed by atoms with Crippen molar-refractivity contribution in [2.45, 2.75) is 71.1 Å². The van der Waals surface area contributed by atoms with Crippen molar-refractivity contribution in [2.75, 3.05) is 51.3 Å². The summed E-state index contributed by atoms with van der Waals surface area (Å²) in [6.45, 7) is 16.7. The molecule has 3 heterocycles. The van der Waals surface area contributed by atoms with E-state index in [2.05, 4.69) is 83.5 Å². The second-order valence-corrected chi connectivity index (χ2v) is 12.0. The Balaban J connectivity index is 1.23. The first kappa shape index (κ1) is 23.8. The Hall–Kier alpha value is -1.89. The fourth-order valence-electron chi connectivity index (χ4n) is 6.30. The Morgan fingerprint density at radius 3 is 2.50 bits per heavy atom. The molecular formula is C28H43N5O. The van der Waals surface area contributed by atoms with Crippen LogP contribution in [-0.4, -0.2) is 77.6 Å². The maximum Gasteiger partial charge on any atom is 0.151 e. The summed E-state index contributed by atoms with van der Waals surface area (Å²) in [5.74, 6) is 1.16. The van der Waals surface area contributed by atoms with Crippen LogP contribution >= 0.6 is 0 Å². The number of nitrogens with zero attached hydrogens (tertiary/aromatic N) is 5. The lowest BCUT2D eigenvalue weighted by Crippen LogP contribution is -2.67. The number of aromatic nitrogens is 2. The van der Waals surface area contributed by atoms with Gasteiger partial charge in [-0.05, 0) is 57.9 Å². The summed E-state index contributed by atoms with van der Waals surface area (Å²) < 4.78 is 7.81. The fraction of sp³-hybridized carbons (Fsp3) is 0.679. The van der Waals surface area contributed by atoms with E-state index >= 15 is 0 Å². The number of benzene rings is 1. The highest BCUT2D eigenvalue weighted by Gasteiger charge is 2.55. The van der Waals surface area contributed by atoms with E-state index in [-0.39, 0.29) is 0 Å². The van der Waals surface area contributed by atoms with Crippen LogP contribution in [0.25, 0.3) is 0 Å². The van der Waals surface area contributed by atoms with E-state index in [1.807, 2.05) is 0 Å². The molecule has 2 aromatic rings. The summed E-state index contributed by atoms with van der Waals surface area (Å²) in [6, 6.07) is 14.1. The maximum atomic E-state index is 5.48. The molecule has 2 aliphatic heterocycles. The van der Waals surface area contributed by atoms with Crippen LogP contribution in [-0.2, 0) is 11.3 Å². The highest BCUT2D eigenvalue weighted by molar-refractivity contribution is 5.42. The van der Waals surface area contributed by atoms with Crippen LogP contribution in [0.1, 0.15) is 57.3 Å². The average molecular weight is 466 g/mol. The number of rotatable bonds is 7. The van der Waals surface area contributed by atoms with Crippen LogP contribution in [0, 0.1) is 12.3 Å². The van der Waals surface area contributed by atoms with Gasteiger partial charge in [0.1, 0.15) is 0 Å². The highest BCUT2D eigenvalue weighted by atomic mass is 16.5. The van der Waals surface area contributed by atoms with Crippen LogP contribution in [0.4, 0.5) is 5.82 Å². The van der Waals surface area contributed by atoms with Gasteiger partial charge in [-0.2, -0.15) is 5.10 Å². The number of anilines is 1. The zero-order valence-corrected chi connectivity index (χ0v) is 21.8. The van der Waals surface area contributed by atoms with Crippen molar-refractivity contribution in [3.05, 3.63) is 47.7 Å². The van der Waals surface area contributed by atoms with E-state index in [0.29, 0.717) is 23.0 Å². The molecule has 1 aromatic carbocycles. The number of piperazine rings is 1. The SMILES string of the molecule is COCCC1CN(Cc2ccccc2)CCN1c1cc(C)n(C2CC3(C2)CN(C(C)(C)C)C3)n1. The number of likely N-dealkylation sites (tertiary alicyclic amines) is 1. The van der Waals surface area contributed by atoms with Gasteiger partial charge in [0, 0.05) is 76.3 Å². The quantitative estimate of drug-likeness (QED) is 0.608. The summed E-state index contributed by atoms with van der Waals surface area (Å²) in [5, 5.41) is 5.18. The van der Waals surface area contributed by atoms with Crippen molar-refractivity contribution in [2.24, 2.45) is 5.41 Å². The van der Waals surface area contributed by atoms with E-state index in [1.54, 1.807) is 7.11 Å². The number of hydrogen-bond acceptors (Lipinski definition) is 5. The minimum absolute atomic E-state index is 0.297. The van der Waals surface area contributed by atoms with Crippen molar-refractivity contribution in [3.8, 4) is 0 Å². The monoisotopic (exact) mass is 465 g/mol. The first-order valence-electron chi connectivity index (χ1n) is 13.1. The third-order valence-corrected chi connectivity index (χ3v) is 8.36. The van der Waals surface area contributed by atoms with Crippen LogP contribution in [0.2, 0.25) is 0 Å². The van der Waals surface area contributed by atoms with Gasteiger partial charge in [-0.15, -0.1) is 0 Å². The molecule has 1 atom stereocenters. The van der Waals surface area contributed by atoms with Gasteiger partial charge in [-0.3, -0.25) is 14.5 Å². The third-order valence-electron chi connectivity index (χ3n) is 8.36. The zero-order chi connectivity index (χ0) is 23.9. The molecular weight excluding hydrogens is 422 g/mol. The topological polar surface area (TPSA) is 36.8 Å². The van der Waals surface area contributed by atoms with Gasteiger partial charge in [0.25, 0.3) is 0 Å². The second kappa shape index (κ2) is 9.29. The van der Waals surface area contributed by atoms with Crippen LogP contribution in [0.5, 0.6) is 0 Å². The normalized spacial score (nSPS) is 23.8. The third kappa shape index (κ3) is 4.77. The minimum Gasteiger partial charge on any atom is -0.385 e. The highest BCUT2D eigenvalue weighted by Crippen LogP contribution is 2.55. The van der Waals surface area contributed by atoms with E-state index in [0.717, 1.165) is 45.0 Å². The van der Waals surface area contributed by atoms with E-state index in [9.17, 15) is 0 Å². The smallest absolute Gasteiger partial charge is 0.151 e. The molecule has 6 nitrogen and oxygen atoms in total. The molecule has 3 fully saturated rings. The molecule has 5 rings (SSSR count). The molecule has 2 saturated heterocycles. The molecule has 0 amide bonds. The Labute approximate surface area is 205 Å². The van der Waals surface area contributed by atoms with Gasteiger partial charge in [-0.1, -0.05) is 30.3 Å². The van der Waals surface area contributed by atoms with Gasteiger partial charge in [-0.25, -0.2) is 0 Å². The predicted molar refractivity (Wildman–Crippen MR) is 138 cm³/mol. The summed E-state index contributed by atoms with van der Waals surface area (Å²) in [6.07, 6.45) is 3.59. The Morgan fingerprint density at radius 2 is 1.82 bits per heavy atom. The summed E-state index contributed by atoms with van der Waals surface area (Å²) in [5.41, 5.74) is 3.53. The van der Waals surface area contributed by atoms with Crippen molar-refractivity contribution in [1.82, 2.24) is 19.6 Å². The zero-order valence-electron chi connectivity index (χ0n) is 21.8. The van der Waals surface area contributed by atoms with Gasteiger partial charge in [0.05, 0.1) is 6.04 Å². The van der Waals surface area contributed by atoms with E-state index in [4.69, 9.17) is 9.84 Å². The number of ether oxygens (including phenoxy) is 1. The molecule has 0 radical (unpaired) electrons. The average Bonchev–Trinajstić information content (AvgIpc) is 3.11. The van der Waals surface area contributed by atoms with Gasteiger partial charge < -0.3 is 9.64 Å². The van der Waals surface area contributed by atoms with Gasteiger partial charge >= 0.3 is 0 Å². The van der Waals surface area contributed by atoms with E-state index in [1.165, 1.54) is 37.2 Å². The molecule has 186 valence electrons. The lowest BCUT2D eigenvalue weighted by Gasteiger charge is -2.62. The molecule has 34 heavy (non-hydrogen) atoms. The first-order chi connectivity index (χ1) is 16.3. The molecule has 1 spiro atoms. The van der Waals surface area contributed by atoms with Crippen LogP contribution < -0.4 is 4.90 Å². The molecule has 1 aromatic heterocycles. The largest absolute Gasteiger partial charge is 0.385 e. The molecule has 1 saturated carbocycles. The summed E-state index contributed by atoms with van der Waals surface area (Å²) in [7, 11) is 1.81. The Bertz CT molecular complexity index is 951. The lowest BCUT2D eigenvalue weighted by molar-refractivity contribution is -0.127. The second-order valence-electron chi connectivity index (χ2n) is 12.0. The molecule has 0 bridgehead atoms. The van der Waals surface area contributed by atoms with Gasteiger partial charge in [0.2, 0.25) is 0 Å². The van der Waals surface area contributed by atoms with Crippen molar-refractivity contribution in [1.29, 1.82) is 0 Å². The molecule has 3 aliphatic rings. The number of methoxy groups -OCH3 is 1. The van der Waals surface area contributed by atoms with Gasteiger partial charge in [0.15, 0.2) is 5.82 Å². The van der Waals surface area contributed by atoms with Crippen molar-refractivity contribution in [3.63, 3.8) is 0 Å². The van der Waals surface area contributed by atoms with Crippen molar-refractivity contribution < 1.29 is 4.74 Å². The molecule has 1 unspecified atom stereocenters. The van der Waals surface area contributed by atoms with Crippen molar-refractivity contribution >= 4 is 5.82 Å². The lowest BCUT2D eigenvalue weighted by atomic mass is 9.59. The predicted octanol–water partition coefficient (Wildman–Crippen LogP) is 4.35. The summed E-state index contributed by atoms with van der Waals surface area (Å²) >= 11 is 0. The standard InChI is InChI=1S/C28H43N5O/c1-22-15-26(29-33(22)25-16-28(17-25)20-31(21-28)27(2,3)4)32-13-12-30(19-24(32)11-14-34-5)18-23-9-7-6-8-10-23/h6-10,15,24-25H,11-14,16-21H2,1-5H3. The first-order valence-corrected chi connectivity index (χ1v) is 13.1. The Kier molecular flexibility index (Phi) is 6.51. The number of hydrogen-bond donors (Lipinski definition) is 0. The number of aryl methyl sites for hydroxylation is 1. The van der Waals surface area contributed by atoms with Crippen LogP contribution in [0.3, 0.4) is 0 Å². The maximum absolute atomic E-state index is 5.48. The van der Waals surface area contributed by atoms with Crippen LogP contribution in [0.15, 0.2) is 36.4 Å². The molecule has 6 heteroatoms. The summed E-state index contributed by atoms with van der Waals surface area (Å²) in [4.78, 5) is 7.76. The minimum atomic E-state index is 0.297. The molecule has 0 N–H and O–H groups in total. The van der Waals surface area contributed by atoms with E-state index < -0.39 is 0 Å². The Morgan fingerprint density at radius 1 is 1.09 bits per heavy atom. The fourth-order valence-corrected chi connectivity index (χ4v) is 6.30.